The summed E-state index contributed by atoms with van der Waals surface area (Å²) in [6, 6.07) is 5.31. The van der Waals surface area contributed by atoms with Gasteiger partial charge >= 0.3 is 5.97 Å². The topological polar surface area (TPSA) is 124 Å². The largest absolute Gasteiger partial charge is 0.461 e. The summed E-state index contributed by atoms with van der Waals surface area (Å²) in [6.45, 7) is 14.6. The number of piperidine rings is 2. The number of fused-ring (bicyclic) bond motifs is 4. The molecule has 4 fully saturated rings. The predicted octanol–water partition coefficient (Wildman–Crippen LogP) is 3.11. The molecule has 1 aromatic rings. The summed E-state index contributed by atoms with van der Waals surface area (Å²) in [5, 5.41) is 19.7. The van der Waals surface area contributed by atoms with E-state index in [0.717, 1.165) is 5.56 Å². The molecule has 1 aliphatic carbocycles. The second-order valence-electron chi connectivity index (χ2n) is 16.1. The number of likely N-dealkylation sites (N-methyl/N-ethyl adjacent to an activating group) is 2. The van der Waals surface area contributed by atoms with Crippen LogP contribution in [0.15, 0.2) is 18.2 Å². The fourth-order valence-electron chi connectivity index (χ4n) is 9.91. The average Bonchev–Trinajstić information content (AvgIpc) is 3.42. The van der Waals surface area contributed by atoms with Gasteiger partial charge in [-0.05, 0) is 78.7 Å². The second-order valence-corrected chi connectivity index (χ2v) is 16.1. The first-order chi connectivity index (χ1) is 20.9. The standard InChI is InChI=1S/C35H52N4O6/c1-19(2)26(38(9)10)29(41)44-22-14-20(3)39-18-33(36-8)17-34(32(6,7)35(33,43)16-21(39)15-22)24-13-11-12-23(25(24)37-30(34)42)27(40)28-31(4,5)45-28/h11-13,19-22,26,28,36,43H,14-18H2,1-10H3,(H,37,42)/t20-,21+,22+,26-,28-,33+,34-,35-/m0/s1. The molecule has 4 heterocycles. The Labute approximate surface area is 267 Å². The van der Waals surface area contributed by atoms with Crippen LogP contribution in [0.2, 0.25) is 0 Å². The zero-order valence-electron chi connectivity index (χ0n) is 28.6. The SMILES string of the molecule is CN[C@]12CN3[C@H](C[C@H](OC(=O)[C@H](C(C)C)N(C)C)C[C@@H]3C)C[C@]1(O)C(C)(C)[C@]1(C2)C(=O)Nc2c(C(=O)[C@@H]3OC3(C)C)cccc21. The molecule has 3 saturated heterocycles. The Balaban J connectivity index is 1.35. The van der Waals surface area contributed by atoms with Crippen LogP contribution >= 0.6 is 0 Å². The third-order valence-electron chi connectivity index (χ3n) is 12.5. The lowest BCUT2D eigenvalue weighted by atomic mass is 9.57. The number of para-hydroxylation sites is 1. The number of epoxide rings is 1. The van der Waals surface area contributed by atoms with Gasteiger partial charge < -0.3 is 25.2 Å². The number of nitrogens with one attached hydrogen (secondary N) is 2. The molecule has 8 atom stereocenters. The molecular formula is C35H52N4O6. The molecule has 4 aliphatic heterocycles. The van der Waals surface area contributed by atoms with Crippen LogP contribution in [0, 0.1) is 11.3 Å². The second kappa shape index (κ2) is 10.3. The minimum Gasteiger partial charge on any atom is -0.461 e. The zero-order chi connectivity index (χ0) is 33.1. The zero-order valence-corrected chi connectivity index (χ0v) is 28.6. The van der Waals surface area contributed by atoms with E-state index in [1.807, 2.05) is 79.7 Å². The Morgan fingerprint density at radius 1 is 1.18 bits per heavy atom. The van der Waals surface area contributed by atoms with E-state index in [1.165, 1.54) is 0 Å². The number of ketones is 1. The molecular weight excluding hydrogens is 572 g/mol. The molecule has 0 aromatic heterocycles. The number of anilines is 1. The van der Waals surface area contributed by atoms with Gasteiger partial charge in [0.2, 0.25) is 5.91 Å². The van der Waals surface area contributed by atoms with Crippen LogP contribution < -0.4 is 10.6 Å². The molecule has 10 heteroatoms. The van der Waals surface area contributed by atoms with Crippen molar-refractivity contribution in [2.75, 3.05) is 33.0 Å². The van der Waals surface area contributed by atoms with Gasteiger partial charge in [0.1, 0.15) is 18.2 Å². The van der Waals surface area contributed by atoms with Gasteiger partial charge in [0.15, 0.2) is 5.78 Å². The average molecular weight is 625 g/mol. The molecule has 10 nitrogen and oxygen atoms in total. The van der Waals surface area contributed by atoms with E-state index in [1.54, 1.807) is 6.07 Å². The first kappa shape index (κ1) is 32.6. The van der Waals surface area contributed by atoms with E-state index in [0.29, 0.717) is 43.5 Å². The summed E-state index contributed by atoms with van der Waals surface area (Å²) in [5.41, 5.74) is -2.83. The number of hydrogen-bond donors (Lipinski definition) is 3. The van der Waals surface area contributed by atoms with Crippen molar-refractivity contribution < 1.29 is 29.0 Å². The number of hydrogen-bond acceptors (Lipinski definition) is 9. The van der Waals surface area contributed by atoms with E-state index in [4.69, 9.17) is 9.47 Å². The maximum atomic E-state index is 14.4. The highest BCUT2D eigenvalue weighted by molar-refractivity contribution is 6.15. The highest BCUT2D eigenvalue weighted by atomic mass is 16.6. The number of amides is 1. The number of carbonyl (C=O) groups excluding carboxylic acids is 3. The van der Waals surface area contributed by atoms with Gasteiger partial charge in [-0.2, -0.15) is 0 Å². The van der Waals surface area contributed by atoms with Crippen LogP contribution in [0.1, 0.15) is 90.1 Å². The van der Waals surface area contributed by atoms with E-state index in [-0.39, 0.29) is 47.8 Å². The van der Waals surface area contributed by atoms with Crippen LogP contribution in [0.4, 0.5) is 5.69 Å². The van der Waals surface area contributed by atoms with Crippen LogP contribution in [0.5, 0.6) is 0 Å². The summed E-state index contributed by atoms with van der Waals surface area (Å²) >= 11 is 0. The van der Waals surface area contributed by atoms with E-state index in [2.05, 4.69) is 22.5 Å². The normalized spacial score (nSPS) is 38.5. The Hall–Kier alpha value is -2.37. The maximum Gasteiger partial charge on any atom is 0.323 e. The smallest absolute Gasteiger partial charge is 0.323 e. The Bertz CT molecular complexity index is 1420. The third kappa shape index (κ3) is 4.35. The first-order valence-corrected chi connectivity index (χ1v) is 16.6. The van der Waals surface area contributed by atoms with Crippen LogP contribution in [-0.2, 0) is 24.5 Å². The van der Waals surface area contributed by atoms with Gasteiger partial charge in [-0.1, -0.05) is 39.8 Å². The van der Waals surface area contributed by atoms with Crippen molar-refractivity contribution >= 4 is 23.3 Å². The first-order valence-electron chi connectivity index (χ1n) is 16.6. The Morgan fingerprint density at radius 3 is 2.42 bits per heavy atom. The van der Waals surface area contributed by atoms with Crippen molar-refractivity contribution in [3.8, 4) is 0 Å². The molecule has 1 amide bonds. The number of carbonyl (C=O) groups is 3. The summed E-state index contributed by atoms with van der Waals surface area (Å²) < 4.78 is 11.8. The van der Waals surface area contributed by atoms with Gasteiger partial charge in [-0.25, -0.2) is 0 Å². The van der Waals surface area contributed by atoms with Gasteiger partial charge in [-0.15, -0.1) is 0 Å². The van der Waals surface area contributed by atoms with Crippen molar-refractivity contribution in [1.29, 1.82) is 0 Å². The molecule has 0 bridgehead atoms. The fraction of sp³-hybridized carbons (Fsp3) is 0.743. The third-order valence-corrected chi connectivity index (χ3v) is 12.5. The highest BCUT2D eigenvalue weighted by Crippen LogP contribution is 2.69. The lowest BCUT2D eigenvalue weighted by molar-refractivity contribution is -0.185. The molecule has 6 rings (SSSR count). The minimum absolute atomic E-state index is 0.0320. The summed E-state index contributed by atoms with van der Waals surface area (Å²) in [4.78, 5) is 45.5. The molecule has 1 spiro atoms. The van der Waals surface area contributed by atoms with Crippen molar-refractivity contribution in [1.82, 2.24) is 15.1 Å². The lowest BCUT2D eigenvalue weighted by Gasteiger charge is -2.60. The van der Waals surface area contributed by atoms with Crippen LogP contribution in [0.25, 0.3) is 0 Å². The van der Waals surface area contributed by atoms with Crippen molar-refractivity contribution in [3.63, 3.8) is 0 Å². The lowest BCUT2D eigenvalue weighted by Crippen LogP contribution is -2.75. The number of Topliss-reactive ketones (excluding diaryl/α,β-unsaturated/α-hetero) is 1. The van der Waals surface area contributed by atoms with Gasteiger partial charge in [0.05, 0.1) is 27.8 Å². The van der Waals surface area contributed by atoms with Gasteiger partial charge in [0.25, 0.3) is 0 Å². The van der Waals surface area contributed by atoms with Crippen LogP contribution in [-0.4, -0.2) is 107 Å². The number of rotatable bonds is 7. The molecule has 248 valence electrons. The van der Waals surface area contributed by atoms with Crippen molar-refractivity contribution in [2.24, 2.45) is 11.3 Å². The minimum atomic E-state index is -1.29. The Kier molecular flexibility index (Phi) is 7.46. The number of benzene rings is 1. The summed E-state index contributed by atoms with van der Waals surface area (Å²) in [5.74, 6) is -0.404. The molecule has 45 heavy (non-hydrogen) atoms. The van der Waals surface area contributed by atoms with Crippen molar-refractivity contribution in [2.45, 2.75) is 127 Å². The van der Waals surface area contributed by atoms with Crippen LogP contribution in [0.3, 0.4) is 0 Å². The molecule has 5 aliphatic rings. The number of nitrogens with zero attached hydrogens (tertiary/aromatic N) is 2. The van der Waals surface area contributed by atoms with Gasteiger partial charge in [0, 0.05) is 36.0 Å². The maximum absolute atomic E-state index is 14.4. The molecule has 1 aromatic carbocycles. The predicted molar refractivity (Wildman–Crippen MR) is 171 cm³/mol. The monoisotopic (exact) mass is 624 g/mol. The van der Waals surface area contributed by atoms with E-state index in [9.17, 15) is 19.5 Å². The summed E-state index contributed by atoms with van der Waals surface area (Å²) in [7, 11) is 5.69. The highest BCUT2D eigenvalue weighted by Gasteiger charge is 2.79. The summed E-state index contributed by atoms with van der Waals surface area (Å²) in [6.07, 6.45) is 1.34. The number of ether oxygens (including phenoxy) is 2. The molecule has 0 radical (unpaired) electrons. The molecule has 3 N–H and O–H groups in total. The quantitative estimate of drug-likeness (QED) is 0.239. The number of aliphatic hydroxyl groups is 1. The fourth-order valence-corrected chi connectivity index (χ4v) is 9.91. The van der Waals surface area contributed by atoms with E-state index >= 15 is 0 Å². The van der Waals surface area contributed by atoms with Crippen molar-refractivity contribution in [3.05, 3.63) is 29.3 Å². The van der Waals surface area contributed by atoms with E-state index < -0.39 is 33.7 Å². The molecule has 0 unspecified atom stereocenters. The Morgan fingerprint density at radius 2 is 1.84 bits per heavy atom. The van der Waals surface area contributed by atoms with Gasteiger partial charge in [-0.3, -0.25) is 24.2 Å². The molecule has 1 saturated carbocycles. The number of esters is 1.